The monoisotopic (exact) mass is 605 g/mol. The van der Waals surface area contributed by atoms with Crippen LogP contribution in [0.25, 0.3) is 11.3 Å². The molecule has 0 saturated carbocycles. The fourth-order valence-corrected chi connectivity index (χ4v) is 5.73. The first-order valence-corrected chi connectivity index (χ1v) is 14.9. The van der Waals surface area contributed by atoms with Gasteiger partial charge in [-0.15, -0.1) is 0 Å². The number of benzene rings is 4. The van der Waals surface area contributed by atoms with Crippen molar-refractivity contribution in [1.82, 2.24) is 14.9 Å². The van der Waals surface area contributed by atoms with Crippen LogP contribution in [0.1, 0.15) is 44.5 Å². The number of halogens is 1. The molecule has 44 heavy (non-hydrogen) atoms. The van der Waals surface area contributed by atoms with Gasteiger partial charge in [-0.1, -0.05) is 96.5 Å². The van der Waals surface area contributed by atoms with Crippen molar-refractivity contribution in [2.75, 3.05) is 11.9 Å². The molecule has 8 nitrogen and oxygen atoms in total. The van der Waals surface area contributed by atoms with Crippen molar-refractivity contribution in [1.29, 1.82) is 0 Å². The van der Waals surface area contributed by atoms with Crippen LogP contribution in [0.2, 0.25) is 5.15 Å². The Hall–Kier alpha value is -4.92. The predicted molar refractivity (Wildman–Crippen MR) is 171 cm³/mol. The third-order valence-electron chi connectivity index (χ3n) is 7.78. The smallest absolute Gasteiger partial charge is 0.411 e. The molecule has 6 rings (SSSR count). The van der Waals surface area contributed by atoms with Gasteiger partial charge in [-0.3, -0.25) is 10.1 Å². The van der Waals surface area contributed by atoms with Gasteiger partial charge >= 0.3 is 6.09 Å². The lowest BCUT2D eigenvalue weighted by molar-refractivity contribution is 0.0648. The Kier molecular flexibility index (Phi) is 8.72. The van der Waals surface area contributed by atoms with Crippen molar-refractivity contribution >= 4 is 29.3 Å². The Balaban J connectivity index is 1.22. The first-order chi connectivity index (χ1) is 21.5. The van der Waals surface area contributed by atoms with Crippen molar-refractivity contribution in [3.8, 4) is 11.3 Å². The van der Waals surface area contributed by atoms with E-state index in [2.05, 4.69) is 10.3 Å². The molecule has 4 aromatic carbocycles. The summed E-state index contributed by atoms with van der Waals surface area (Å²) in [5, 5.41) is 3.12. The zero-order chi connectivity index (χ0) is 30.5. The maximum absolute atomic E-state index is 13.8. The third-order valence-corrected chi connectivity index (χ3v) is 8.05. The van der Waals surface area contributed by atoms with Crippen molar-refractivity contribution in [2.24, 2.45) is 5.73 Å². The van der Waals surface area contributed by atoms with Crippen molar-refractivity contribution in [2.45, 2.75) is 32.0 Å². The molecule has 0 bridgehead atoms. The number of nitrogens with zero attached hydrogens (tertiary/aromatic N) is 2. The van der Waals surface area contributed by atoms with E-state index < -0.39 is 6.09 Å². The van der Waals surface area contributed by atoms with Gasteiger partial charge in [-0.2, -0.15) is 0 Å². The molecule has 0 unspecified atom stereocenters. The summed E-state index contributed by atoms with van der Waals surface area (Å²) in [5.74, 6) is 0.565. The number of aromatic nitrogens is 2. The number of nitrogens with one attached hydrogen (secondary N) is 2. The van der Waals surface area contributed by atoms with Crippen LogP contribution >= 0.6 is 11.6 Å². The summed E-state index contributed by atoms with van der Waals surface area (Å²) in [6.45, 7) is 1.16. The van der Waals surface area contributed by atoms with Crippen LogP contribution in [0.5, 0.6) is 0 Å². The SMILES string of the molecule is NCc1ccc2c(c1)CCN([C@@H](Cc1ccccc1)c1nc(-c3ccc(NC(=O)OCc4ccccc4)cc3)c(Cl)[nH]1)C2=O. The molecule has 1 atom stereocenters. The van der Waals surface area contributed by atoms with Gasteiger partial charge in [-0.05, 0) is 46.9 Å². The van der Waals surface area contributed by atoms with Gasteiger partial charge in [0.2, 0.25) is 0 Å². The van der Waals surface area contributed by atoms with Crippen LogP contribution in [0.4, 0.5) is 10.5 Å². The number of anilines is 1. The van der Waals surface area contributed by atoms with Gasteiger partial charge in [0.25, 0.3) is 5.91 Å². The quantitative estimate of drug-likeness (QED) is 0.169. The number of fused-ring (bicyclic) bond motifs is 1. The van der Waals surface area contributed by atoms with E-state index in [0.717, 1.165) is 34.2 Å². The molecule has 9 heteroatoms. The van der Waals surface area contributed by atoms with Crippen LogP contribution in [-0.4, -0.2) is 33.4 Å². The minimum Gasteiger partial charge on any atom is -0.444 e. The molecule has 0 saturated heterocycles. The molecule has 0 radical (unpaired) electrons. The van der Waals surface area contributed by atoms with Crippen molar-refractivity contribution in [3.63, 3.8) is 0 Å². The van der Waals surface area contributed by atoms with Crippen LogP contribution in [0.15, 0.2) is 103 Å². The number of hydrogen-bond acceptors (Lipinski definition) is 5. The number of hydrogen-bond donors (Lipinski definition) is 3. The summed E-state index contributed by atoms with van der Waals surface area (Å²) < 4.78 is 5.32. The Morgan fingerprint density at radius 2 is 1.66 bits per heavy atom. The van der Waals surface area contributed by atoms with Crippen molar-refractivity contribution < 1.29 is 14.3 Å². The first kappa shape index (κ1) is 29.2. The van der Waals surface area contributed by atoms with E-state index in [4.69, 9.17) is 27.1 Å². The van der Waals surface area contributed by atoms with E-state index in [9.17, 15) is 9.59 Å². The van der Waals surface area contributed by atoms with Gasteiger partial charge in [0.1, 0.15) is 23.3 Å². The van der Waals surface area contributed by atoms with Crippen LogP contribution in [-0.2, 0) is 30.7 Å². The Morgan fingerprint density at radius 1 is 0.955 bits per heavy atom. The van der Waals surface area contributed by atoms with Crippen LogP contribution < -0.4 is 11.1 Å². The Morgan fingerprint density at radius 3 is 2.36 bits per heavy atom. The fraction of sp³-hybridized carbons (Fsp3) is 0.171. The number of ether oxygens (including phenoxy) is 1. The largest absolute Gasteiger partial charge is 0.444 e. The molecule has 222 valence electrons. The van der Waals surface area contributed by atoms with Crippen molar-refractivity contribution in [3.05, 3.63) is 142 Å². The number of H-pyrrole nitrogens is 1. The van der Waals surface area contributed by atoms with E-state index in [1.807, 2.05) is 95.9 Å². The molecule has 5 aromatic rings. The molecular formula is C35H32ClN5O3. The van der Waals surface area contributed by atoms with E-state index >= 15 is 0 Å². The molecule has 4 N–H and O–H groups in total. The zero-order valence-electron chi connectivity index (χ0n) is 24.0. The summed E-state index contributed by atoms with van der Waals surface area (Å²) >= 11 is 6.72. The second-order valence-electron chi connectivity index (χ2n) is 10.7. The molecule has 2 heterocycles. The van der Waals surface area contributed by atoms with Crippen LogP contribution in [0, 0.1) is 0 Å². The van der Waals surface area contributed by atoms with E-state index in [-0.39, 0.29) is 18.6 Å². The average molecular weight is 606 g/mol. The highest BCUT2D eigenvalue weighted by Crippen LogP contribution is 2.34. The maximum atomic E-state index is 13.8. The lowest BCUT2D eigenvalue weighted by Crippen LogP contribution is -2.41. The maximum Gasteiger partial charge on any atom is 0.411 e. The van der Waals surface area contributed by atoms with Crippen LogP contribution in [0.3, 0.4) is 0 Å². The van der Waals surface area contributed by atoms with Gasteiger partial charge in [0.15, 0.2) is 0 Å². The summed E-state index contributed by atoms with van der Waals surface area (Å²) in [6.07, 6.45) is 0.751. The minimum atomic E-state index is -0.544. The fourth-order valence-electron chi connectivity index (χ4n) is 5.48. The third kappa shape index (κ3) is 6.51. The second kappa shape index (κ2) is 13.2. The summed E-state index contributed by atoms with van der Waals surface area (Å²) in [5.41, 5.74) is 12.5. The lowest BCUT2D eigenvalue weighted by atomic mass is 9.94. The molecule has 1 aliphatic rings. The van der Waals surface area contributed by atoms with E-state index in [1.54, 1.807) is 12.1 Å². The number of carbonyl (C=O) groups excluding carboxylic acids is 2. The number of imidazole rings is 1. The normalized spacial score (nSPS) is 13.3. The predicted octanol–water partition coefficient (Wildman–Crippen LogP) is 6.92. The summed E-state index contributed by atoms with van der Waals surface area (Å²) in [6, 6.07) is 32.2. The van der Waals surface area contributed by atoms with Gasteiger partial charge in [-0.25, -0.2) is 9.78 Å². The number of amides is 2. The molecule has 0 fully saturated rings. The molecule has 0 spiro atoms. The van der Waals surface area contributed by atoms with Gasteiger partial charge < -0.3 is 20.4 Å². The van der Waals surface area contributed by atoms with E-state index in [1.165, 1.54) is 0 Å². The standard InChI is InChI=1S/C35H32ClN5O3/c36-32-31(26-12-14-28(15-13-26)38-35(43)44-22-24-9-5-2-6-10-24)39-33(40-32)30(20-23-7-3-1-4-8-23)41-18-17-27-19-25(21-37)11-16-29(27)34(41)42/h1-16,19,30H,17-18,20-22,37H2,(H,38,43)(H,39,40)/t30-/m0/s1. The summed E-state index contributed by atoms with van der Waals surface area (Å²) in [7, 11) is 0. The Labute approximate surface area is 260 Å². The average Bonchev–Trinajstić information content (AvgIpc) is 3.45. The number of nitrogens with two attached hydrogens (primary N) is 1. The lowest BCUT2D eigenvalue weighted by Gasteiger charge is -2.35. The zero-order valence-corrected chi connectivity index (χ0v) is 24.8. The van der Waals surface area contributed by atoms with Gasteiger partial charge in [0, 0.05) is 36.3 Å². The molecule has 2 amide bonds. The topological polar surface area (TPSA) is 113 Å². The second-order valence-corrected chi connectivity index (χ2v) is 11.1. The number of aromatic amines is 1. The highest BCUT2D eigenvalue weighted by atomic mass is 35.5. The molecule has 0 aliphatic carbocycles. The molecular weight excluding hydrogens is 574 g/mol. The highest BCUT2D eigenvalue weighted by molar-refractivity contribution is 6.31. The molecule has 1 aliphatic heterocycles. The minimum absolute atomic E-state index is 0.0422. The first-order valence-electron chi connectivity index (χ1n) is 14.5. The van der Waals surface area contributed by atoms with Gasteiger partial charge in [0.05, 0.1) is 6.04 Å². The number of rotatable bonds is 9. The van der Waals surface area contributed by atoms with E-state index in [0.29, 0.717) is 47.4 Å². The summed E-state index contributed by atoms with van der Waals surface area (Å²) in [4.78, 5) is 36.2. The molecule has 1 aromatic heterocycles. The number of carbonyl (C=O) groups is 2. The Bertz CT molecular complexity index is 1760. The highest BCUT2D eigenvalue weighted by Gasteiger charge is 2.33.